The van der Waals surface area contributed by atoms with Crippen LogP contribution in [0.25, 0.3) is 0 Å². The number of hydrogen-bond acceptors (Lipinski definition) is 2. The fourth-order valence-electron chi connectivity index (χ4n) is 4.47. The second-order valence-electron chi connectivity index (χ2n) is 7.32. The zero-order valence-corrected chi connectivity index (χ0v) is 14.3. The van der Waals surface area contributed by atoms with Gasteiger partial charge in [-0.25, -0.2) is 13.2 Å². The summed E-state index contributed by atoms with van der Waals surface area (Å²) in [6.07, 6.45) is 3.31. The predicted molar refractivity (Wildman–Crippen MR) is 92.2 cm³/mol. The molecule has 0 N–H and O–H groups in total. The van der Waals surface area contributed by atoms with Crippen LogP contribution in [0.4, 0.5) is 13.2 Å². The summed E-state index contributed by atoms with van der Waals surface area (Å²) >= 11 is 0. The lowest BCUT2D eigenvalue weighted by Gasteiger charge is -2.38. The molecule has 2 saturated heterocycles. The molecular weight excluding hydrogens is 339 g/mol. The third kappa shape index (κ3) is 3.16. The molecule has 2 atom stereocenters. The minimum absolute atomic E-state index is 0.274. The van der Waals surface area contributed by atoms with E-state index in [2.05, 4.69) is 17.0 Å². The van der Waals surface area contributed by atoms with Crippen LogP contribution in [0.1, 0.15) is 41.6 Å². The van der Waals surface area contributed by atoms with Crippen LogP contribution in [0.3, 0.4) is 0 Å². The van der Waals surface area contributed by atoms with Crippen molar-refractivity contribution in [1.82, 2.24) is 4.90 Å². The third-order valence-electron chi connectivity index (χ3n) is 5.74. The number of piperidine rings is 1. The van der Waals surface area contributed by atoms with Crippen LogP contribution >= 0.6 is 0 Å². The van der Waals surface area contributed by atoms with E-state index in [0.29, 0.717) is 25.0 Å². The molecule has 0 spiro atoms. The molecule has 0 radical (unpaired) electrons. The summed E-state index contributed by atoms with van der Waals surface area (Å²) < 4.78 is 40.6. The number of ketones is 1. The lowest BCUT2D eigenvalue weighted by atomic mass is 9.84. The molecule has 2 heterocycles. The first kappa shape index (κ1) is 17.3. The largest absolute Gasteiger partial charge is 0.294 e. The second kappa shape index (κ2) is 6.88. The lowest BCUT2D eigenvalue weighted by molar-refractivity contribution is 0.0674. The van der Waals surface area contributed by atoms with Crippen LogP contribution in [0, 0.1) is 23.4 Å². The van der Waals surface area contributed by atoms with Crippen LogP contribution in [-0.4, -0.2) is 22.8 Å². The van der Waals surface area contributed by atoms with Gasteiger partial charge in [0.15, 0.2) is 17.4 Å². The Morgan fingerprint density at radius 3 is 2.19 bits per heavy atom. The molecule has 26 heavy (non-hydrogen) atoms. The highest BCUT2D eigenvalue weighted by molar-refractivity contribution is 5.98. The van der Waals surface area contributed by atoms with Gasteiger partial charge in [0.25, 0.3) is 0 Å². The summed E-state index contributed by atoms with van der Waals surface area (Å²) in [5, 5.41) is 0. The number of hydrogen-bond donors (Lipinski definition) is 0. The molecule has 4 rings (SSSR count). The van der Waals surface area contributed by atoms with E-state index in [1.807, 2.05) is 18.2 Å². The average Bonchev–Trinajstić information content (AvgIpc) is 2.87. The molecule has 136 valence electrons. The van der Waals surface area contributed by atoms with Crippen molar-refractivity contribution < 1.29 is 18.0 Å². The standard InChI is InChI=1S/C21H20F3NO/c22-18-11-20(24)19(23)10-17(18)21(26)14-8-15-6-7-16(9-14)25(15)12-13-4-2-1-3-5-13/h1-5,10-11,14-16H,6-9,12H2. The Morgan fingerprint density at radius 2 is 1.54 bits per heavy atom. The highest BCUT2D eigenvalue weighted by atomic mass is 19.2. The van der Waals surface area contributed by atoms with Crippen LogP contribution in [-0.2, 0) is 6.54 Å². The summed E-state index contributed by atoms with van der Waals surface area (Å²) in [5.74, 6) is -4.17. The monoisotopic (exact) mass is 359 g/mol. The van der Waals surface area contributed by atoms with Gasteiger partial charge in [0, 0.05) is 30.6 Å². The van der Waals surface area contributed by atoms with Crippen molar-refractivity contribution in [3.8, 4) is 0 Å². The topological polar surface area (TPSA) is 20.3 Å². The van der Waals surface area contributed by atoms with Crippen LogP contribution in [0.5, 0.6) is 0 Å². The molecule has 0 aliphatic carbocycles. The normalized spacial score (nSPS) is 25.4. The Labute approximate surface area is 150 Å². The fraction of sp³-hybridized carbons (Fsp3) is 0.381. The van der Waals surface area contributed by atoms with Gasteiger partial charge in [-0.1, -0.05) is 30.3 Å². The highest BCUT2D eigenvalue weighted by Gasteiger charge is 2.43. The van der Waals surface area contributed by atoms with Gasteiger partial charge in [-0.05, 0) is 37.3 Å². The maximum atomic E-state index is 14.0. The van der Waals surface area contributed by atoms with E-state index >= 15 is 0 Å². The van der Waals surface area contributed by atoms with Crippen molar-refractivity contribution in [3.63, 3.8) is 0 Å². The van der Waals surface area contributed by atoms with E-state index in [1.54, 1.807) is 0 Å². The molecule has 2 unspecified atom stereocenters. The summed E-state index contributed by atoms with van der Waals surface area (Å²) in [6, 6.07) is 11.9. The number of rotatable bonds is 4. The van der Waals surface area contributed by atoms with Crippen molar-refractivity contribution >= 4 is 5.78 Å². The SMILES string of the molecule is O=C(c1cc(F)c(F)cc1F)C1CC2CCC(C1)N2Cc1ccccc1. The average molecular weight is 359 g/mol. The number of carbonyl (C=O) groups is 1. The molecule has 0 saturated carbocycles. The van der Waals surface area contributed by atoms with Crippen molar-refractivity contribution in [2.24, 2.45) is 5.92 Å². The molecule has 0 aromatic heterocycles. The first-order valence-corrected chi connectivity index (χ1v) is 9.01. The van der Waals surface area contributed by atoms with Crippen LogP contribution in [0.2, 0.25) is 0 Å². The third-order valence-corrected chi connectivity index (χ3v) is 5.74. The zero-order valence-electron chi connectivity index (χ0n) is 14.3. The van der Waals surface area contributed by atoms with Gasteiger partial charge in [0.2, 0.25) is 0 Å². The molecule has 0 amide bonds. The van der Waals surface area contributed by atoms with Gasteiger partial charge in [0.1, 0.15) is 5.82 Å². The van der Waals surface area contributed by atoms with E-state index in [1.165, 1.54) is 5.56 Å². The Morgan fingerprint density at radius 1 is 0.923 bits per heavy atom. The fourth-order valence-corrected chi connectivity index (χ4v) is 4.47. The minimum Gasteiger partial charge on any atom is -0.294 e. The molecule has 2 aromatic carbocycles. The highest BCUT2D eigenvalue weighted by Crippen LogP contribution is 2.41. The quantitative estimate of drug-likeness (QED) is 0.581. The van der Waals surface area contributed by atoms with E-state index in [0.717, 1.165) is 19.4 Å². The van der Waals surface area contributed by atoms with Gasteiger partial charge in [-0.15, -0.1) is 0 Å². The maximum absolute atomic E-state index is 14.0. The first-order valence-electron chi connectivity index (χ1n) is 9.01. The number of fused-ring (bicyclic) bond motifs is 2. The number of Topliss-reactive ketones (excluding diaryl/α,β-unsaturated/α-hetero) is 1. The maximum Gasteiger partial charge on any atom is 0.169 e. The van der Waals surface area contributed by atoms with Gasteiger partial charge >= 0.3 is 0 Å². The predicted octanol–water partition coefficient (Wildman–Crippen LogP) is 4.73. The van der Waals surface area contributed by atoms with Crippen LogP contribution in [0.15, 0.2) is 42.5 Å². The zero-order chi connectivity index (χ0) is 18.3. The lowest BCUT2D eigenvalue weighted by Crippen LogP contribution is -2.44. The summed E-state index contributed by atoms with van der Waals surface area (Å²) in [6.45, 7) is 0.844. The minimum atomic E-state index is -1.27. The van der Waals surface area contributed by atoms with Crippen molar-refractivity contribution in [3.05, 3.63) is 71.0 Å². The molecule has 2 aliphatic rings. The van der Waals surface area contributed by atoms with E-state index in [4.69, 9.17) is 0 Å². The molecule has 5 heteroatoms. The molecule has 2 nitrogen and oxygen atoms in total. The van der Waals surface area contributed by atoms with Gasteiger partial charge in [-0.3, -0.25) is 9.69 Å². The molecule has 2 bridgehead atoms. The Balaban J connectivity index is 1.50. The van der Waals surface area contributed by atoms with Crippen molar-refractivity contribution in [2.75, 3.05) is 0 Å². The summed E-state index contributed by atoms with van der Waals surface area (Å²) in [7, 11) is 0. The first-order chi connectivity index (χ1) is 12.5. The summed E-state index contributed by atoms with van der Waals surface area (Å²) in [4.78, 5) is 15.2. The van der Waals surface area contributed by atoms with Crippen LogP contribution < -0.4 is 0 Å². The van der Waals surface area contributed by atoms with E-state index < -0.39 is 23.2 Å². The summed E-state index contributed by atoms with van der Waals surface area (Å²) in [5.41, 5.74) is 0.908. The van der Waals surface area contributed by atoms with E-state index in [-0.39, 0.29) is 23.6 Å². The second-order valence-corrected chi connectivity index (χ2v) is 7.32. The van der Waals surface area contributed by atoms with Gasteiger partial charge in [-0.2, -0.15) is 0 Å². The number of benzene rings is 2. The Bertz CT molecular complexity index is 810. The molecule has 2 aromatic rings. The molecule has 2 aliphatic heterocycles. The van der Waals surface area contributed by atoms with Gasteiger partial charge < -0.3 is 0 Å². The molecular formula is C21H20F3NO. The smallest absolute Gasteiger partial charge is 0.169 e. The number of nitrogens with zero attached hydrogens (tertiary/aromatic N) is 1. The molecule has 2 fully saturated rings. The number of carbonyl (C=O) groups excluding carboxylic acids is 1. The Hall–Kier alpha value is -2.14. The van der Waals surface area contributed by atoms with Gasteiger partial charge in [0.05, 0.1) is 5.56 Å². The van der Waals surface area contributed by atoms with Crippen molar-refractivity contribution in [1.29, 1.82) is 0 Å². The Kier molecular flexibility index (Phi) is 4.57. The number of halogens is 3. The van der Waals surface area contributed by atoms with Crippen molar-refractivity contribution in [2.45, 2.75) is 44.3 Å². The van der Waals surface area contributed by atoms with E-state index in [9.17, 15) is 18.0 Å².